The number of aromatic nitrogens is 2. The van der Waals surface area contributed by atoms with Crippen LogP contribution < -0.4 is 5.32 Å². The lowest BCUT2D eigenvalue weighted by Crippen LogP contribution is -2.21. The van der Waals surface area contributed by atoms with Crippen molar-refractivity contribution in [3.63, 3.8) is 0 Å². The van der Waals surface area contributed by atoms with Gasteiger partial charge < -0.3 is 10.4 Å². The fourth-order valence-corrected chi connectivity index (χ4v) is 1.28. The second-order valence-electron chi connectivity index (χ2n) is 3.65. The first-order valence-electron chi connectivity index (χ1n) is 4.90. The Morgan fingerprint density at radius 2 is 2.06 bits per heavy atom. The molecule has 0 saturated heterocycles. The fraction of sp³-hybridized carbons (Fsp3) is 0.556. The van der Waals surface area contributed by atoms with Crippen LogP contribution >= 0.6 is 0 Å². The number of aliphatic hydroxyl groups is 1. The van der Waals surface area contributed by atoms with Gasteiger partial charge in [-0.15, -0.1) is 0 Å². The van der Waals surface area contributed by atoms with E-state index in [2.05, 4.69) is 15.3 Å². The van der Waals surface area contributed by atoms with E-state index < -0.39 is 11.0 Å². The molecule has 1 rings (SSSR count). The van der Waals surface area contributed by atoms with Crippen molar-refractivity contribution in [3.8, 4) is 0 Å². The molecule has 0 spiro atoms. The molecule has 0 aliphatic heterocycles. The van der Waals surface area contributed by atoms with Gasteiger partial charge in [-0.3, -0.25) is 10.1 Å². The van der Waals surface area contributed by atoms with Gasteiger partial charge in [0.15, 0.2) is 0 Å². The van der Waals surface area contributed by atoms with E-state index in [-0.39, 0.29) is 11.7 Å². The molecule has 0 aliphatic carbocycles. The highest BCUT2D eigenvalue weighted by Crippen LogP contribution is 2.10. The van der Waals surface area contributed by atoms with Crippen molar-refractivity contribution >= 4 is 11.6 Å². The van der Waals surface area contributed by atoms with Gasteiger partial charge in [0.2, 0.25) is 5.95 Å². The standard InChI is InChI=1S/C9H14N4O3/c1-6(3-7(2)14)12-9-10-4-8(5-11-9)13(15)16/h4-7,14H,3H2,1-2H3,(H,10,11,12). The molecule has 0 saturated carbocycles. The van der Waals surface area contributed by atoms with Crippen LogP contribution in [-0.4, -0.2) is 32.1 Å². The average Bonchev–Trinajstić information content (AvgIpc) is 2.16. The van der Waals surface area contributed by atoms with E-state index >= 15 is 0 Å². The predicted octanol–water partition coefficient (Wildman–Crippen LogP) is 0.956. The van der Waals surface area contributed by atoms with Crippen molar-refractivity contribution in [3.05, 3.63) is 22.5 Å². The molecule has 16 heavy (non-hydrogen) atoms. The van der Waals surface area contributed by atoms with Crippen molar-refractivity contribution in [2.75, 3.05) is 5.32 Å². The second-order valence-corrected chi connectivity index (χ2v) is 3.65. The van der Waals surface area contributed by atoms with Crippen LogP contribution in [0.4, 0.5) is 11.6 Å². The van der Waals surface area contributed by atoms with Gasteiger partial charge in [0.1, 0.15) is 12.4 Å². The van der Waals surface area contributed by atoms with Crippen LogP contribution in [0.5, 0.6) is 0 Å². The maximum Gasteiger partial charge on any atom is 0.305 e. The quantitative estimate of drug-likeness (QED) is 0.572. The summed E-state index contributed by atoms with van der Waals surface area (Å²) in [5, 5.41) is 22.4. The number of aliphatic hydroxyl groups excluding tert-OH is 1. The average molecular weight is 226 g/mol. The topological polar surface area (TPSA) is 101 Å². The number of nitro groups is 1. The fourth-order valence-electron chi connectivity index (χ4n) is 1.28. The van der Waals surface area contributed by atoms with Gasteiger partial charge in [0.05, 0.1) is 11.0 Å². The van der Waals surface area contributed by atoms with Crippen LogP contribution in [0.15, 0.2) is 12.4 Å². The van der Waals surface area contributed by atoms with Gasteiger partial charge in [-0.2, -0.15) is 0 Å². The molecule has 2 N–H and O–H groups in total. The van der Waals surface area contributed by atoms with Crippen molar-refractivity contribution in [2.24, 2.45) is 0 Å². The maximum atomic E-state index is 10.4. The predicted molar refractivity (Wildman–Crippen MR) is 58.1 cm³/mol. The highest BCUT2D eigenvalue weighted by Gasteiger charge is 2.09. The minimum Gasteiger partial charge on any atom is -0.393 e. The molecule has 7 nitrogen and oxygen atoms in total. The lowest BCUT2D eigenvalue weighted by molar-refractivity contribution is -0.385. The second kappa shape index (κ2) is 5.36. The Labute approximate surface area is 92.7 Å². The Kier molecular flexibility index (Phi) is 4.12. The summed E-state index contributed by atoms with van der Waals surface area (Å²) in [4.78, 5) is 17.4. The normalized spacial score (nSPS) is 14.2. The van der Waals surface area contributed by atoms with E-state index in [9.17, 15) is 10.1 Å². The zero-order chi connectivity index (χ0) is 12.1. The smallest absolute Gasteiger partial charge is 0.305 e. The van der Waals surface area contributed by atoms with Gasteiger partial charge in [-0.1, -0.05) is 0 Å². The van der Waals surface area contributed by atoms with Gasteiger partial charge in [0.25, 0.3) is 0 Å². The van der Waals surface area contributed by atoms with E-state index in [0.717, 1.165) is 12.4 Å². The number of anilines is 1. The molecular formula is C9H14N4O3. The lowest BCUT2D eigenvalue weighted by atomic mass is 10.2. The minimum atomic E-state index is -0.553. The molecule has 88 valence electrons. The third-order valence-corrected chi connectivity index (χ3v) is 1.92. The van der Waals surface area contributed by atoms with Gasteiger partial charge in [0, 0.05) is 6.04 Å². The highest BCUT2D eigenvalue weighted by atomic mass is 16.6. The molecule has 0 radical (unpaired) electrons. The summed E-state index contributed by atoms with van der Waals surface area (Å²) in [5.41, 5.74) is -0.145. The van der Waals surface area contributed by atoms with E-state index in [1.54, 1.807) is 6.92 Å². The number of hydrogen-bond donors (Lipinski definition) is 2. The molecule has 1 aromatic rings. The van der Waals surface area contributed by atoms with Crippen molar-refractivity contribution in [1.82, 2.24) is 9.97 Å². The monoisotopic (exact) mass is 226 g/mol. The molecule has 0 bridgehead atoms. The molecule has 2 unspecified atom stereocenters. The van der Waals surface area contributed by atoms with Gasteiger partial charge in [-0.25, -0.2) is 9.97 Å². The van der Waals surface area contributed by atoms with Crippen molar-refractivity contribution in [1.29, 1.82) is 0 Å². The first-order chi connectivity index (χ1) is 7.49. The Hall–Kier alpha value is -1.76. The number of nitrogens with zero attached hydrogens (tertiary/aromatic N) is 3. The van der Waals surface area contributed by atoms with Gasteiger partial charge in [-0.05, 0) is 20.3 Å². The van der Waals surface area contributed by atoms with Crippen LogP contribution in [0.25, 0.3) is 0 Å². The molecular weight excluding hydrogens is 212 g/mol. The number of rotatable bonds is 5. The lowest BCUT2D eigenvalue weighted by Gasteiger charge is -2.14. The summed E-state index contributed by atoms with van der Waals surface area (Å²) in [7, 11) is 0. The molecule has 2 atom stereocenters. The highest BCUT2D eigenvalue weighted by molar-refractivity contribution is 5.31. The Bertz CT molecular complexity index is 352. The summed E-state index contributed by atoms with van der Waals surface area (Å²) in [6, 6.07) is 0.00135. The molecule has 0 aliphatic rings. The Morgan fingerprint density at radius 3 is 2.50 bits per heavy atom. The van der Waals surface area contributed by atoms with E-state index in [0.29, 0.717) is 12.4 Å². The third-order valence-electron chi connectivity index (χ3n) is 1.92. The first-order valence-corrected chi connectivity index (χ1v) is 4.90. The summed E-state index contributed by atoms with van der Waals surface area (Å²) in [5.74, 6) is 0.318. The van der Waals surface area contributed by atoms with E-state index in [1.165, 1.54) is 0 Å². The number of hydrogen-bond acceptors (Lipinski definition) is 6. The summed E-state index contributed by atoms with van der Waals surface area (Å²) >= 11 is 0. The molecule has 0 aromatic carbocycles. The molecule has 1 heterocycles. The Morgan fingerprint density at radius 1 is 1.50 bits per heavy atom. The van der Waals surface area contributed by atoms with Crippen LogP contribution in [-0.2, 0) is 0 Å². The number of nitrogens with one attached hydrogen (secondary N) is 1. The third kappa shape index (κ3) is 3.77. The minimum absolute atomic E-state index is 0.00135. The summed E-state index contributed by atoms with van der Waals surface area (Å²) < 4.78 is 0. The van der Waals surface area contributed by atoms with Crippen LogP contribution in [0.1, 0.15) is 20.3 Å². The molecule has 7 heteroatoms. The van der Waals surface area contributed by atoms with Crippen molar-refractivity contribution < 1.29 is 10.0 Å². The van der Waals surface area contributed by atoms with Gasteiger partial charge >= 0.3 is 5.69 Å². The van der Waals surface area contributed by atoms with E-state index in [4.69, 9.17) is 5.11 Å². The first kappa shape index (κ1) is 12.3. The largest absolute Gasteiger partial charge is 0.393 e. The van der Waals surface area contributed by atoms with Crippen LogP contribution in [0, 0.1) is 10.1 Å². The zero-order valence-electron chi connectivity index (χ0n) is 9.12. The Balaban J connectivity index is 2.58. The summed E-state index contributed by atoms with van der Waals surface area (Å²) in [6.45, 7) is 3.56. The summed E-state index contributed by atoms with van der Waals surface area (Å²) in [6.07, 6.45) is 2.43. The van der Waals surface area contributed by atoms with Crippen LogP contribution in [0.2, 0.25) is 0 Å². The SMILES string of the molecule is CC(O)CC(C)Nc1ncc([N+](=O)[O-])cn1. The molecule has 0 amide bonds. The molecule has 1 aromatic heterocycles. The molecule has 0 fully saturated rings. The van der Waals surface area contributed by atoms with Crippen LogP contribution in [0.3, 0.4) is 0 Å². The maximum absolute atomic E-state index is 10.4. The van der Waals surface area contributed by atoms with E-state index in [1.807, 2.05) is 6.92 Å². The zero-order valence-corrected chi connectivity index (χ0v) is 9.12. The van der Waals surface area contributed by atoms with Crippen molar-refractivity contribution in [2.45, 2.75) is 32.4 Å².